The second kappa shape index (κ2) is 5.75. The lowest BCUT2D eigenvalue weighted by atomic mass is 10.3. The van der Waals surface area contributed by atoms with Gasteiger partial charge < -0.3 is 14.6 Å². The Morgan fingerprint density at radius 2 is 2.11 bits per heavy atom. The molecule has 0 aliphatic carbocycles. The average molecular weight is 375 g/mol. The quantitative estimate of drug-likeness (QED) is 0.881. The fraction of sp³-hybridized carbons (Fsp3) is 0.250. The summed E-state index contributed by atoms with van der Waals surface area (Å²) in [6.45, 7) is 0.618. The summed E-state index contributed by atoms with van der Waals surface area (Å²) in [6.07, 6.45) is 1.81. The summed E-state index contributed by atoms with van der Waals surface area (Å²) in [5, 5.41) is 3.25. The van der Waals surface area contributed by atoms with Gasteiger partial charge in [-0.3, -0.25) is 0 Å². The smallest absolute Gasteiger partial charge is 0.183 e. The van der Waals surface area contributed by atoms with Gasteiger partial charge in [0.05, 0.1) is 22.9 Å². The molecule has 0 fully saturated rings. The number of nitrogens with one attached hydrogen (secondary N) is 1. The Balaban J connectivity index is 1.97. The summed E-state index contributed by atoms with van der Waals surface area (Å²) in [4.78, 5) is 6.29. The molecule has 1 N–H and O–H groups in total. The fourth-order valence-corrected chi connectivity index (χ4v) is 2.08. The fourth-order valence-electron chi connectivity index (χ4n) is 1.42. The number of hydrogen-bond acceptors (Lipinski definition) is 4. The van der Waals surface area contributed by atoms with Crippen LogP contribution in [-0.2, 0) is 6.54 Å². The van der Waals surface area contributed by atoms with E-state index in [-0.39, 0.29) is 0 Å². The summed E-state index contributed by atoms with van der Waals surface area (Å²) >= 11 is 6.69. The Morgan fingerprint density at radius 1 is 1.33 bits per heavy atom. The van der Waals surface area contributed by atoms with Gasteiger partial charge in [0, 0.05) is 14.1 Å². The van der Waals surface area contributed by atoms with Crippen molar-refractivity contribution in [3.8, 4) is 0 Å². The molecule has 6 heteroatoms. The lowest BCUT2D eigenvalue weighted by Crippen LogP contribution is -2.10. The van der Waals surface area contributed by atoms with Crippen LogP contribution >= 0.6 is 31.9 Å². The van der Waals surface area contributed by atoms with Gasteiger partial charge in [-0.2, -0.15) is 0 Å². The van der Waals surface area contributed by atoms with Crippen molar-refractivity contribution < 1.29 is 4.42 Å². The molecule has 0 radical (unpaired) electrons. The number of anilines is 2. The number of hydrogen-bond donors (Lipinski definition) is 1. The van der Waals surface area contributed by atoms with E-state index in [0.29, 0.717) is 11.2 Å². The van der Waals surface area contributed by atoms with E-state index in [1.165, 1.54) is 0 Å². The molecule has 0 saturated heterocycles. The molecular weight excluding hydrogens is 362 g/mol. The van der Waals surface area contributed by atoms with Crippen molar-refractivity contribution in [2.75, 3.05) is 24.3 Å². The number of halogens is 2. The highest BCUT2D eigenvalue weighted by Crippen LogP contribution is 2.27. The molecule has 2 rings (SSSR count). The molecule has 0 aliphatic rings. The predicted octanol–water partition coefficient (Wildman–Crippen LogP) is 3.88. The van der Waals surface area contributed by atoms with Crippen LogP contribution in [0.3, 0.4) is 0 Å². The first-order valence-corrected chi connectivity index (χ1v) is 6.96. The van der Waals surface area contributed by atoms with Crippen molar-refractivity contribution in [1.29, 1.82) is 0 Å². The third kappa shape index (κ3) is 3.26. The van der Waals surface area contributed by atoms with E-state index >= 15 is 0 Å². The minimum Gasteiger partial charge on any atom is -0.451 e. The molecule has 96 valence electrons. The van der Waals surface area contributed by atoms with E-state index in [1.807, 2.05) is 43.4 Å². The molecule has 4 nitrogen and oxygen atoms in total. The highest BCUT2D eigenvalue weighted by atomic mass is 79.9. The Bertz CT molecular complexity index is 503. The SMILES string of the molecule is CN(C)c1ccc(NCc2cc(Br)c(Br)o2)cn1. The van der Waals surface area contributed by atoms with Crippen LogP contribution in [0.5, 0.6) is 0 Å². The van der Waals surface area contributed by atoms with Crippen molar-refractivity contribution in [1.82, 2.24) is 4.98 Å². The molecule has 0 aromatic carbocycles. The summed E-state index contributed by atoms with van der Waals surface area (Å²) in [7, 11) is 3.93. The molecule has 2 aromatic rings. The molecule has 18 heavy (non-hydrogen) atoms. The summed E-state index contributed by atoms with van der Waals surface area (Å²) in [5.74, 6) is 1.79. The van der Waals surface area contributed by atoms with Crippen molar-refractivity contribution in [3.05, 3.63) is 39.3 Å². The molecule has 0 unspecified atom stereocenters. The highest BCUT2D eigenvalue weighted by molar-refractivity contribution is 9.13. The largest absolute Gasteiger partial charge is 0.451 e. The van der Waals surface area contributed by atoms with Crippen LogP contribution in [0, 0.1) is 0 Å². The molecule has 2 heterocycles. The van der Waals surface area contributed by atoms with Crippen LogP contribution < -0.4 is 10.2 Å². The highest BCUT2D eigenvalue weighted by Gasteiger charge is 2.05. The van der Waals surface area contributed by atoms with E-state index in [2.05, 4.69) is 42.2 Å². The van der Waals surface area contributed by atoms with Gasteiger partial charge in [0.15, 0.2) is 4.67 Å². The maximum atomic E-state index is 5.48. The van der Waals surface area contributed by atoms with Gasteiger partial charge in [-0.15, -0.1) is 0 Å². The maximum absolute atomic E-state index is 5.48. The van der Waals surface area contributed by atoms with Crippen LogP contribution in [0.15, 0.2) is 38.0 Å². The molecular formula is C12H13Br2N3O. The number of furan rings is 1. The summed E-state index contributed by atoms with van der Waals surface area (Å²) < 4.78 is 7.10. The topological polar surface area (TPSA) is 41.3 Å². The van der Waals surface area contributed by atoms with Crippen LogP contribution in [-0.4, -0.2) is 19.1 Å². The molecule has 0 bridgehead atoms. The zero-order valence-corrected chi connectivity index (χ0v) is 13.2. The van der Waals surface area contributed by atoms with Crippen molar-refractivity contribution in [3.63, 3.8) is 0 Å². The van der Waals surface area contributed by atoms with Gasteiger partial charge in [0.1, 0.15) is 11.6 Å². The van der Waals surface area contributed by atoms with Crippen molar-refractivity contribution in [2.45, 2.75) is 6.54 Å². The van der Waals surface area contributed by atoms with E-state index in [4.69, 9.17) is 4.42 Å². The molecule has 0 saturated carbocycles. The van der Waals surface area contributed by atoms with Crippen molar-refractivity contribution in [2.24, 2.45) is 0 Å². The van der Waals surface area contributed by atoms with Crippen LogP contribution in [0.2, 0.25) is 0 Å². The maximum Gasteiger partial charge on any atom is 0.183 e. The first-order chi connectivity index (χ1) is 8.56. The zero-order chi connectivity index (χ0) is 13.1. The van der Waals surface area contributed by atoms with Gasteiger partial charge in [-0.1, -0.05) is 0 Å². The number of nitrogens with zero attached hydrogens (tertiary/aromatic N) is 2. The van der Waals surface area contributed by atoms with Crippen molar-refractivity contribution >= 4 is 43.4 Å². The van der Waals surface area contributed by atoms with Gasteiger partial charge in [0.2, 0.25) is 0 Å². The first-order valence-electron chi connectivity index (χ1n) is 5.37. The lowest BCUT2D eigenvalue weighted by molar-refractivity contribution is 0.494. The van der Waals surface area contributed by atoms with Gasteiger partial charge >= 0.3 is 0 Å². The third-order valence-corrected chi connectivity index (χ3v) is 4.08. The number of rotatable bonds is 4. The minimum absolute atomic E-state index is 0.618. The van der Waals surface area contributed by atoms with E-state index < -0.39 is 0 Å². The Morgan fingerprint density at radius 3 is 2.61 bits per heavy atom. The standard InChI is InChI=1S/C12H13Br2N3O/c1-17(2)11-4-3-8(6-16-11)15-7-9-5-10(13)12(14)18-9/h3-6,15H,7H2,1-2H3. The minimum atomic E-state index is 0.618. The van der Waals surface area contributed by atoms with Crippen LogP contribution in [0.4, 0.5) is 11.5 Å². The second-order valence-corrected chi connectivity index (χ2v) is 5.56. The lowest BCUT2D eigenvalue weighted by Gasteiger charge is -2.11. The Kier molecular flexibility index (Phi) is 4.29. The van der Waals surface area contributed by atoms with Crippen LogP contribution in [0.1, 0.15) is 5.76 Å². The Labute approximate surface area is 123 Å². The molecule has 0 amide bonds. The number of pyridine rings is 1. The zero-order valence-electron chi connectivity index (χ0n) is 10.1. The van der Waals surface area contributed by atoms with Gasteiger partial charge in [-0.05, 0) is 50.1 Å². The molecule has 0 atom stereocenters. The second-order valence-electron chi connectivity index (χ2n) is 3.99. The Hall–Kier alpha value is -1.01. The summed E-state index contributed by atoms with van der Waals surface area (Å²) in [6, 6.07) is 5.89. The monoisotopic (exact) mass is 373 g/mol. The normalized spacial score (nSPS) is 10.4. The first kappa shape index (κ1) is 13.4. The molecule has 0 spiro atoms. The molecule has 0 aliphatic heterocycles. The van der Waals surface area contributed by atoms with Crippen LogP contribution in [0.25, 0.3) is 0 Å². The molecule has 2 aromatic heterocycles. The predicted molar refractivity (Wildman–Crippen MR) is 80.0 cm³/mol. The van der Waals surface area contributed by atoms with E-state index in [1.54, 1.807) is 0 Å². The van der Waals surface area contributed by atoms with Gasteiger partial charge in [-0.25, -0.2) is 4.98 Å². The average Bonchev–Trinajstić information content (AvgIpc) is 2.67. The number of aromatic nitrogens is 1. The third-order valence-electron chi connectivity index (χ3n) is 2.37. The van der Waals surface area contributed by atoms with Gasteiger partial charge in [0.25, 0.3) is 0 Å². The van der Waals surface area contributed by atoms with E-state index in [0.717, 1.165) is 21.7 Å². The summed E-state index contributed by atoms with van der Waals surface area (Å²) in [5.41, 5.74) is 0.962. The van der Waals surface area contributed by atoms with E-state index in [9.17, 15) is 0 Å².